The molecular weight excluding hydrogens is 342 g/mol. The zero-order chi connectivity index (χ0) is 19.8. The minimum absolute atomic E-state index is 0.0107. The van der Waals surface area contributed by atoms with E-state index in [4.69, 9.17) is 9.84 Å². The Bertz CT molecular complexity index is 781. The number of aryl methyl sites for hydroxylation is 1. The first-order valence-electron chi connectivity index (χ1n) is 9.21. The second-order valence-corrected chi connectivity index (χ2v) is 6.94. The molecule has 0 radical (unpaired) electrons. The lowest BCUT2D eigenvalue weighted by atomic mass is 10.0. The maximum absolute atomic E-state index is 11.5. The third-order valence-corrected chi connectivity index (χ3v) is 4.24. The Balaban J connectivity index is 1.90. The van der Waals surface area contributed by atoms with Gasteiger partial charge in [-0.15, -0.1) is 0 Å². The first-order valence-corrected chi connectivity index (χ1v) is 9.21. The number of carbonyl (C=O) groups is 2. The summed E-state index contributed by atoms with van der Waals surface area (Å²) in [5, 5.41) is 11.3. The molecule has 2 rings (SSSR count). The van der Waals surface area contributed by atoms with E-state index in [0.29, 0.717) is 18.9 Å². The normalized spacial score (nSPS) is 10.7. The highest BCUT2D eigenvalue weighted by Gasteiger charge is 2.09. The van der Waals surface area contributed by atoms with Crippen molar-refractivity contribution in [3.8, 4) is 11.5 Å². The summed E-state index contributed by atoms with van der Waals surface area (Å²) in [4.78, 5) is 22.0. The number of aliphatic carboxylic acids is 1. The first-order chi connectivity index (χ1) is 12.8. The van der Waals surface area contributed by atoms with Gasteiger partial charge in [0, 0.05) is 13.0 Å². The first kappa shape index (κ1) is 20.5. The number of carbonyl (C=O) groups excluding carboxylic acids is 1. The fourth-order valence-corrected chi connectivity index (χ4v) is 2.71. The lowest BCUT2D eigenvalue weighted by Gasteiger charge is -2.15. The van der Waals surface area contributed by atoms with Crippen LogP contribution in [0.3, 0.4) is 0 Å². The van der Waals surface area contributed by atoms with Crippen LogP contribution in [0.4, 0.5) is 0 Å². The lowest BCUT2D eigenvalue weighted by molar-refractivity contribution is -0.138. The Morgan fingerprint density at radius 3 is 2.41 bits per heavy atom. The number of benzene rings is 2. The number of amides is 1. The van der Waals surface area contributed by atoms with Crippen molar-refractivity contribution in [1.29, 1.82) is 0 Å². The smallest absolute Gasteiger partial charge is 0.303 e. The number of ether oxygens (including phenoxy) is 1. The SMILES string of the molecule is Cc1ccc(C(C)C)c(Oc2ccc(CCNC(=O)CCC(=O)O)cc2)c1. The molecule has 2 aromatic rings. The fourth-order valence-electron chi connectivity index (χ4n) is 2.71. The minimum atomic E-state index is -0.963. The topological polar surface area (TPSA) is 75.6 Å². The quantitative estimate of drug-likeness (QED) is 0.685. The maximum Gasteiger partial charge on any atom is 0.303 e. The zero-order valence-corrected chi connectivity index (χ0v) is 16.1. The molecular formula is C22H27NO4. The van der Waals surface area contributed by atoms with E-state index in [1.807, 2.05) is 31.2 Å². The van der Waals surface area contributed by atoms with Crippen LogP contribution in [0.5, 0.6) is 11.5 Å². The van der Waals surface area contributed by atoms with Gasteiger partial charge in [-0.3, -0.25) is 9.59 Å². The molecule has 144 valence electrons. The predicted molar refractivity (Wildman–Crippen MR) is 105 cm³/mol. The summed E-state index contributed by atoms with van der Waals surface area (Å²) in [5.41, 5.74) is 3.41. The number of hydrogen-bond acceptors (Lipinski definition) is 3. The fraction of sp³-hybridized carbons (Fsp3) is 0.364. The second-order valence-electron chi connectivity index (χ2n) is 6.94. The molecule has 0 aliphatic heterocycles. The lowest BCUT2D eigenvalue weighted by Crippen LogP contribution is -2.25. The summed E-state index contributed by atoms with van der Waals surface area (Å²) in [6.07, 6.45) is 0.548. The van der Waals surface area contributed by atoms with Gasteiger partial charge in [0.15, 0.2) is 0 Å². The largest absolute Gasteiger partial charge is 0.481 e. The third kappa shape index (κ3) is 6.77. The van der Waals surface area contributed by atoms with E-state index in [1.165, 1.54) is 5.56 Å². The van der Waals surface area contributed by atoms with Crippen molar-refractivity contribution in [2.24, 2.45) is 0 Å². The Morgan fingerprint density at radius 2 is 1.78 bits per heavy atom. The van der Waals surface area contributed by atoms with Crippen molar-refractivity contribution in [1.82, 2.24) is 5.32 Å². The third-order valence-electron chi connectivity index (χ3n) is 4.24. The molecule has 0 unspecified atom stereocenters. The molecule has 2 N–H and O–H groups in total. The van der Waals surface area contributed by atoms with E-state index in [0.717, 1.165) is 22.6 Å². The Labute approximate surface area is 160 Å². The summed E-state index contributed by atoms with van der Waals surface area (Å²) in [5.74, 6) is 0.831. The summed E-state index contributed by atoms with van der Waals surface area (Å²) in [6, 6.07) is 14.1. The van der Waals surface area contributed by atoms with Crippen LogP contribution in [0.15, 0.2) is 42.5 Å². The molecule has 0 atom stereocenters. The molecule has 0 aliphatic carbocycles. The molecule has 2 aromatic carbocycles. The van der Waals surface area contributed by atoms with Gasteiger partial charge >= 0.3 is 5.97 Å². The van der Waals surface area contributed by atoms with E-state index in [-0.39, 0.29) is 18.7 Å². The molecule has 1 amide bonds. The van der Waals surface area contributed by atoms with Crippen molar-refractivity contribution in [2.45, 2.75) is 46.0 Å². The maximum atomic E-state index is 11.5. The molecule has 27 heavy (non-hydrogen) atoms. The van der Waals surface area contributed by atoms with E-state index in [2.05, 4.69) is 37.4 Å². The second kappa shape index (κ2) is 9.76. The van der Waals surface area contributed by atoms with Crippen molar-refractivity contribution in [3.63, 3.8) is 0 Å². The number of carboxylic acids is 1. The highest BCUT2D eigenvalue weighted by molar-refractivity contribution is 5.80. The summed E-state index contributed by atoms with van der Waals surface area (Å²) in [6.45, 7) is 6.82. The molecule has 0 saturated heterocycles. The summed E-state index contributed by atoms with van der Waals surface area (Å²) < 4.78 is 6.08. The van der Waals surface area contributed by atoms with Crippen molar-refractivity contribution < 1.29 is 19.4 Å². The molecule has 0 fully saturated rings. The van der Waals surface area contributed by atoms with E-state index < -0.39 is 5.97 Å². The van der Waals surface area contributed by atoms with Crippen LogP contribution < -0.4 is 10.1 Å². The summed E-state index contributed by atoms with van der Waals surface area (Å²) in [7, 11) is 0. The van der Waals surface area contributed by atoms with Crippen molar-refractivity contribution in [3.05, 3.63) is 59.2 Å². The van der Waals surface area contributed by atoms with Crippen LogP contribution in [0.1, 0.15) is 49.3 Å². The number of nitrogens with one attached hydrogen (secondary N) is 1. The number of rotatable bonds is 9. The highest BCUT2D eigenvalue weighted by atomic mass is 16.5. The Hall–Kier alpha value is -2.82. The van der Waals surface area contributed by atoms with Gasteiger partial charge in [0.2, 0.25) is 5.91 Å². The highest BCUT2D eigenvalue weighted by Crippen LogP contribution is 2.31. The Morgan fingerprint density at radius 1 is 1.07 bits per heavy atom. The van der Waals surface area contributed by atoms with Crippen LogP contribution in [0.2, 0.25) is 0 Å². The van der Waals surface area contributed by atoms with Gasteiger partial charge < -0.3 is 15.2 Å². The van der Waals surface area contributed by atoms with Crippen molar-refractivity contribution >= 4 is 11.9 Å². The van der Waals surface area contributed by atoms with E-state index in [1.54, 1.807) is 0 Å². The molecule has 0 aromatic heterocycles. The van der Waals surface area contributed by atoms with Crippen LogP contribution in [-0.4, -0.2) is 23.5 Å². The van der Waals surface area contributed by atoms with Gasteiger partial charge in [0.25, 0.3) is 0 Å². The molecule has 0 aliphatic rings. The molecule has 5 heteroatoms. The van der Waals surface area contributed by atoms with Gasteiger partial charge in [-0.05, 0) is 54.2 Å². The zero-order valence-electron chi connectivity index (χ0n) is 16.1. The van der Waals surface area contributed by atoms with Crippen LogP contribution in [-0.2, 0) is 16.0 Å². The molecule has 0 bridgehead atoms. The standard InChI is InChI=1S/C22H27NO4/c1-15(2)19-9-4-16(3)14-20(19)27-18-7-5-17(6-8-18)12-13-23-21(24)10-11-22(25)26/h4-9,14-15H,10-13H2,1-3H3,(H,23,24)(H,25,26). The van der Waals surface area contributed by atoms with Gasteiger partial charge in [0.1, 0.15) is 11.5 Å². The van der Waals surface area contributed by atoms with Crippen LogP contribution in [0.25, 0.3) is 0 Å². The average molecular weight is 369 g/mol. The Kier molecular flexibility index (Phi) is 7.41. The van der Waals surface area contributed by atoms with Crippen molar-refractivity contribution in [2.75, 3.05) is 6.54 Å². The van der Waals surface area contributed by atoms with Gasteiger partial charge in [-0.1, -0.05) is 38.1 Å². The molecule has 0 spiro atoms. The molecule has 5 nitrogen and oxygen atoms in total. The van der Waals surface area contributed by atoms with Gasteiger partial charge in [0.05, 0.1) is 6.42 Å². The number of hydrogen-bond donors (Lipinski definition) is 2. The van der Waals surface area contributed by atoms with Crippen LogP contribution >= 0.6 is 0 Å². The molecule has 0 heterocycles. The minimum Gasteiger partial charge on any atom is -0.481 e. The monoisotopic (exact) mass is 369 g/mol. The van der Waals surface area contributed by atoms with E-state index >= 15 is 0 Å². The average Bonchev–Trinajstić information content (AvgIpc) is 2.61. The number of carboxylic acid groups (broad SMARTS) is 1. The van der Waals surface area contributed by atoms with Gasteiger partial charge in [-0.2, -0.15) is 0 Å². The molecule has 0 saturated carbocycles. The van der Waals surface area contributed by atoms with E-state index in [9.17, 15) is 9.59 Å². The predicted octanol–water partition coefficient (Wildman–Crippen LogP) is 4.43. The summed E-state index contributed by atoms with van der Waals surface area (Å²) >= 11 is 0. The van der Waals surface area contributed by atoms with Crippen LogP contribution in [0, 0.1) is 6.92 Å². The van der Waals surface area contributed by atoms with Gasteiger partial charge in [-0.25, -0.2) is 0 Å².